The van der Waals surface area contributed by atoms with Crippen LogP contribution >= 0.6 is 0 Å². The van der Waals surface area contributed by atoms with Crippen LogP contribution in [0.2, 0.25) is 0 Å². The van der Waals surface area contributed by atoms with Crippen LogP contribution in [-0.4, -0.2) is 27.2 Å². The molecule has 0 saturated carbocycles. The number of carboxylic acid groups (broad SMARTS) is 1. The summed E-state index contributed by atoms with van der Waals surface area (Å²) in [6.45, 7) is 5.52. The van der Waals surface area contributed by atoms with E-state index >= 15 is 0 Å². The van der Waals surface area contributed by atoms with E-state index in [2.05, 4.69) is 0 Å². The van der Waals surface area contributed by atoms with Gasteiger partial charge in [0.1, 0.15) is 0 Å². The van der Waals surface area contributed by atoms with Crippen molar-refractivity contribution in [3.8, 4) is 0 Å². The van der Waals surface area contributed by atoms with Crippen molar-refractivity contribution in [2.24, 2.45) is 0 Å². The molecule has 0 aliphatic rings. The van der Waals surface area contributed by atoms with Gasteiger partial charge >= 0.3 is 6.09 Å². The molecule has 0 aromatic heterocycles. The van der Waals surface area contributed by atoms with E-state index in [1.807, 2.05) is 26.8 Å². The van der Waals surface area contributed by atoms with Crippen molar-refractivity contribution in [1.82, 2.24) is 0 Å². The molecule has 1 aromatic rings. The first kappa shape index (κ1) is 14.7. The number of nitrogens with zero attached hydrogens (tertiary/aromatic N) is 1. The van der Waals surface area contributed by atoms with E-state index in [0.29, 0.717) is 11.4 Å². The first-order chi connectivity index (χ1) is 8.21. The zero-order chi connectivity index (χ0) is 13.9. The lowest BCUT2D eigenvalue weighted by Crippen LogP contribution is -2.45. The third kappa shape index (κ3) is 3.84. The number of anilines is 1. The first-order valence-corrected chi connectivity index (χ1v) is 7.36. The molecule has 100 valence electrons. The van der Waals surface area contributed by atoms with E-state index in [-0.39, 0.29) is 0 Å². The monoisotopic (exact) mass is 269 g/mol. The maximum atomic E-state index is 11.3. The molecule has 0 aliphatic carbocycles. The fourth-order valence-corrected chi connectivity index (χ4v) is 2.45. The van der Waals surface area contributed by atoms with Gasteiger partial charge in [-0.1, -0.05) is 12.1 Å². The lowest BCUT2D eigenvalue weighted by Gasteiger charge is -2.33. The zero-order valence-corrected chi connectivity index (χ0v) is 12.0. The van der Waals surface area contributed by atoms with E-state index in [1.54, 1.807) is 24.5 Å². The molecule has 0 heterocycles. The quantitative estimate of drug-likeness (QED) is 0.918. The number of benzene rings is 1. The average molecular weight is 269 g/mol. The van der Waals surface area contributed by atoms with Gasteiger partial charge in [-0.05, 0) is 38.5 Å². The molecule has 1 unspecified atom stereocenters. The van der Waals surface area contributed by atoms with Gasteiger partial charge < -0.3 is 5.11 Å². The van der Waals surface area contributed by atoms with Crippen molar-refractivity contribution in [1.29, 1.82) is 0 Å². The van der Waals surface area contributed by atoms with Crippen molar-refractivity contribution < 1.29 is 14.1 Å². The summed E-state index contributed by atoms with van der Waals surface area (Å²) in [6, 6.07) is 7.18. The molecule has 4 nitrogen and oxygen atoms in total. The Morgan fingerprint density at radius 1 is 1.39 bits per heavy atom. The minimum Gasteiger partial charge on any atom is -0.465 e. The van der Waals surface area contributed by atoms with Gasteiger partial charge in [-0.25, -0.2) is 4.79 Å². The standard InChI is InChI=1S/C13H19NO3S/c1-13(2,3)14(12(15)16)11-7-5-6-10(8-11)9-18(4)17/h5-8H,9H2,1-4H3,(H,15,16). The van der Waals surface area contributed by atoms with E-state index < -0.39 is 22.4 Å². The van der Waals surface area contributed by atoms with Gasteiger partial charge in [0.2, 0.25) is 0 Å². The van der Waals surface area contributed by atoms with Crippen molar-refractivity contribution in [3.05, 3.63) is 29.8 Å². The summed E-state index contributed by atoms with van der Waals surface area (Å²) in [5.41, 5.74) is 0.970. The third-order valence-corrected chi connectivity index (χ3v) is 3.14. The molecule has 0 fully saturated rings. The SMILES string of the molecule is CS(=O)Cc1cccc(N(C(=O)O)C(C)(C)C)c1. The highest BCUT2D eigenvalue weighted by Gasteiger charge is 2.27. The Kier molecular flexibility index (Phi) is 4.51. The Bertz CT molecular complexity index is 466. The van der Waals surface area contributed by atoms with Crippen LogP contribution < -0.4 is 4.90 Å². The largest absolute Gasteiger partial charge is 0.465 e. The van der Waals surface area contributed by atoms with Crippen LogP contribution in [0.25, 0.3) is 0 Å². The molecule has 0 bridgehead atoms. The zero-order valence-electron chi connectivity index (χ0n) is 11.1. The van der Waals surface area contributed by atoms with Gasteiger partial charge in [0.25, 0.3) is 0 Å². The van der Waals surface area contributed by atoms with Crippen LogP contribution in [0.4, 0.5) is 10.5 Å². The fraction of sp³-hybridized carbons (Fsp3) is 0.462. The molecule has 1 N–H and O–H groups in total. The summed E-state index contributed by atoms with van der Waals surface area (Å²) >= 11 is 0. The Hall–Kier alpha value is -1.36. The maximum Gasteiger partial charge on any atom is 0.412 e. The molecule has 0 aliphatic heterocycles. The van der Waals surface area contributed by atoms with E-state index in [9.17, 15) is 14.1 Å². The van der Waals surface area contributed by atoms with Crippen molar-refractivity contribution in [3.63, 3.8) is 0 Å². The second-order valence-electron chi connectivity index (χ2n) is 5.18. The number of amides is 1. The molecular weight excluding hydrogens is 250 g/mol. The van der Waals surface area contributed by atoms with Gasteiger partial charge in [0.15, 0.2) is 0 Å². The molecule has 0 saturated heterocycles. The topological polar surface area (TPSA) is 57.6 Å². The number of rotatable bonds is 3. The molecule has 1 rings (SSSR count). The van der Waals surface area contributed by atoms with Gasteiger partial charge in [0.05, 0.1) is 0 Å². The van der Waals surface area contributed by atoms with Crippen LogP contribution in [-0.2, 0) is 16.6 Å². The van der Waals surface area contributed by atoms with Gasteiger partial charge in [-0.15, -0.1) is 0 Å². The van der Waals surface area contributed by atoms with Crippen LogP contribution in [0.15, 0.2) is 24.3 Å². The number of carbonyl (C=O) groups is 1. The van der Waals surface area contributed by atoms with Gasteiger partial charge in [0, 0.05) is 34.0 Å². The van der Waals surface area contributed by atoms with Crippen molar-refractivity contribution in [2.45, 2.75) is 32.1 Å². The van der Waals surface area contributed by atoms with Gasteiger partial charge in [-0.2, -0.15) is 0 Å². The molecule has 1 aromatic carbocycles. The van der Waals surface area contributed by atoms with E-state index in [0.717, 1.165) is 5.56 Å². The molecule has 0 spiro atoms. The maximum absolute atomic E-state index is 11.3. The highest BCUT2D eigenvalue weighted by molar-refractivity contribution is 7.83. The first-order valence-electron chi connectivity index (χ1n) is 5.64. The second-order valence-corrected chi connectivity index (χ2v) is 6.61. The summed E-state index contributed by atoms with van der Waals surface area (Å²) in [4.78, 5) is 12.7. The van der Waals surface area contributed by atoms with Crippen molar-refractivity contribution >= 4 is 22.6 Å². The van der Waals surface area contributed by atoms with Crippen LogP contribution in [0.1, 0.15) is 26.3 Å². The molecule has 1 atom stereocenters. The Balaban J connectivity index is 3.14. The summed E-state index contributed by atoms with van der Waals surface area (Å²) in [7, 11) is -0.936. The molecule has 1 amide bonds. The van der Waals surface area contributed by atoms with Crippen LogP contribution in [0.5, 0.6) is 0 Å². The third-order valence-electron chi connectivity index (χ3n) is 2.40. The Morgan fingerprint density at radius 2 is 2.00 bits per heavy atom. The summed E-state index contributed by atoms with van der Waals surface area (Å²) < 4.78 is 11.2. The highest BCUT2D eigenvalue weighted by atomic mass is 32.2. The van der Waals surface area contributed by atoms with Gasteiger partial charge in [-0.3, -0.25) is 9.11 Å². The average Bonchev–Trinajstić information content (AvgIpc) is 2.13. The summed E-state index contributed by atoms with van der Waals surface area (Å²) in [5.74, 6) is 0.436. The van der Waals surface area contributed by atoms with Crippen molar-refractivity contribution in [2.75, 3.05) is 11.2 Å². The summed E-state index contributed by atoms with van der Waals surface area (Å²) in [5, 5.41) is 9.30. The van der Waals surface area contributed by atoms with Crippen LogP contribution in [0.3, 0.4) is 0 Å². The molecule has 0 radical (unpaired) electrons. The lowest BCUT2D eigenvalue weighted by molar-refractivity contribution is 0.195. The normalized spacial score (nSPS) is 13.1. The molecule has 18 heavy (non-hydrogen) atoms. The number of hydrogen-bond donors (Lipinski definition) is 1. The van der Waals surface area contributed by atoms with E-state index in [1.165, 1.54) is 4.90 Å². The predicted molar refractivity (Wildman–Crippen MR) is 74.5 cm³/mol. The van der Waals surface area contributed by atoms with E-state index in [4.69, 9.17) is 0 Å². The highest BCUT2D eigenvalue weighted by Crippen LogP contribution is 2.25. The fourth-order valence-electron chi connectivity index (χ4n) is 1.80. The Morgan fingerprint density at radius 3 is 2.44 bits per heavy atom. The number of hydrogen-bond acceptors (Lipinski definition) is 2. The summed E-state index contributed by atoms with van der Waals surface area (Å²) in [6.07, 6.45) is 0.642. The molecular formula is C13H19NO3S. The second kappa shape index (κ2) is 5.52. The minimum atomic E-state index is -0.989. The lowest BCUT2D eigenvalue weighted by atomic mass is 10.0. The molecule has 5 heteroatoms. The predicted octanol–water partition coefficient (Wildman–Crippen LogP) is 2.85. The van der Waals surface area contributed by atoms with Crippen LogP contribution in [0, 0.1) is 0 Å². The minimum absolute atomic E-state index is 0.436. The smallest absolute Gasteiger partial charge is 0.412 e. The Labute approximate surface area is 110 Å².